The van der Waals surface area contributed by atoms with E-state index in [2.05, 4.69) is 0 Å². The van der Waals surface area contributed by atoms with Crippen LogP contribution in [0.4, 0.5) is 4.39 Å². The molecule has 1 heterocycles. The number of likely N-dealkylation sites (tertiary alicyclic amines) is 1. The van der Waals surface area contributed by atoms with Crippen LogP contribution >= 0.6 is 0 Å². The third kappa shape index (κ3) is 4.99. The number of rotatable bonds is 8. The van der Waals surface area contributed by atoms with E-state index in [9.17, 15) is 23.9 Å². The molecule has 2 aromatic carbocycles. The van der Waals surface area contributed by atoms with Crippen LogP contribution in [0.5, 0.6) is 0 Å². The molecule has 0 aliphatic carbocycles. The number of nitrogens with zero attached hydrogens (tertiary/aromatic N) is 1. The van der Waals surface area contributed by atoms with Crippen molar-refractivity contribution in [3.8, 4) is 0 Å². The normalized spacial score (nSPS) is 17.9. The summed E-state index contributed by atoms with van der Waals surface area (Å²) in [6.07, 6.45) is 1.52. The molecule has 1 atom stereocenters. The Morgan fingerprint density at radius 2 is 1.74 bits per heavy atom. The first-order valence-electron chi connectivity index (χ1n) is 10.1. The summed E-state index contributed by atoms with van der Waals surface area (Å²) in [5.41, 5.74) is 1.68. The highest BCUT2D eigenvalue weighted by molar-refractivity contribution is 6.46. The molecule has 2 aromatic rings. The van der Waals surface area contributed by atoms with Gasteiger partial charge in [0.2, 0.25) is 0 Å². The second kappa shape index (κ2) is 9.55. The number of aryl methyl sites for hydroxylation is 1. The standard InChI is InChI=1S/C24H24FNO5/c1-15-9-11-16(12-10-15)22(29)20-21(17-6-5-7-18(25)14-17)26(24(31)23(20)30)13-4-2-3-8-19(27)28/h5-7,9-12,14,21,29H,2-4,8,13H2,1H3,(H,27,28)/t21-/m0/s1. The summed E-state index contributed by atoms with van der Waals surface area (Å²) in [6, 6.07) is 11.6. The van der Waals surface area contributed by atoms with Gasteiger partial charge in [-0.2, -0.15) is 0 Å². The number of Topliss-reactive ketones (excluding diaryl/α,β-unsaturated/α-hetero) is 1. The Morgan fingerprint density at radius 3 is 2.39 bits per heavy atom. The number of unbranched alkanes of at least 4 members (excludes halogenated alkanes) is 2. The maximum absolute atomic E-state index is 13.9. The van der Waals surface area contributed by atoms with Crippen LogP contribution < -0.4 is 0 Å². The Bertz CT molecular complexity index is 1030. The van der Waals surface area contributed by atoms with Crippen molar-refractivity contribution in [2.24, 2.45) is 0 Å². The average Bonchev–Trinajstić information content (AvgIpc) is 2.98. The van der Waals surface area contributed by atoms with Gasteiger partial charge in [0.15, 0.2) is 0 Å². The molecule has 0 aromatic heterocycles. The van der Waals surface area contributed by atoms with Gasteiger partial charge in [-0.25, -0.2) is 4.39 Å². The number of hydrogen-bond donors (Lipinski definition) is 2. The predicted molar refractivity (Wildman–Crippen MR) is 113 cm³/mol. The summed E-state index contributed by atoms with van der Waals surface area (Å²) in [6.45, 7) is 2.08. The molecule has 31 heavy (non-hydrogen) atoms. The average molecular weight is 425 g/mol. The minimum Gasteiger partial charge on any atom is -0.507 e. The minimum atomic E-state index is -0.920. The number of amides is 1. The molecule has 0 unspecified atom stereocenters. The van der Waals surface area contributed by atoms with Gasteiger partial charge >= 0.3 is 5.97 Å². The monoisotopic (exact) mass is 425 g/mol. The van der Waals surface area contributed by atoms with Crippen molar-refractivity contribution in [2.45, 2.75) is 38.6 Å². The Morgan fingerprint density at radius 1 is 1.03 bits per heavy atom. The zero-order valence-electron chi connectivity index (χ0n) is 17.2. The smallest absolute Gasteiger partial charge is 0.303 e. The lowest BCUT2D eigenvalue weighted by Gasteiger charge is -2.25. The molecule has 162 valence electrons. The lowest BCUT2D eigenvalue weighted by atomic mass is 9.95. The molecule has 0 saturated carbocycles. The van der Waals surface area contributed by atoms with Gasteiger partial charge in [0.05, 0.1) is 11.6 Å². The van der Waals surface area contributed by atoms with E-state index in [0.29, 0.717) is 30.4 Å². The molecule has 1 aliphatic rings. The number of carboxylic acids is 1. The Labute approximate surface area is 179 Å². The van der Waals surface area contributed by atoms with Gasteiger partial charge in [0.25, 0.3) is 11.7 Å². The second-order valence-corrected chi connectivity index (χ2v) is 7.62. The molecule has 0 spiro atoms. The van der Waals surface area contributed by atoms with Crippen LogP contribution in [0.3, 0.4) is 0 Å². The fourth-order valence-electron chi connectivity index (χ4n) is 3.74. The van der Waals surface area contributed by atoms with E-state index in [-0.39, 0.29) is 24.3 Å². The Hall–Kier alpha value is -3.48. The fourth-order valence-corrected chi connectivity index (χ4v) is 3.74. The predicted octanol–water partition coefficient (Wildman–Crippen LogP) is 4.20. The highest BCUT2D eigenvalue weighted by Crippen LogP contribution is 2.39. The highest BCUT2D eigenvalue weighted by Gasteiger charge is 2.45. The van der Waals surface area contributed by atoms with Gasteiger partial charge in [0.1, 0.15) is 11.6 Å². The van der Waals surface area contributed by atoms with E-state index >= 15 is 0 Å². The van der Waals surface area contributed by atoms with Gasteiger partial charge in [-0.1, -0.05) is 48.4 Å². The van der Waals surface area contributed by atoms with Gasteiger partial charge < -0.3 is 15.1 Å². The van der Waals surface area contributed by atoms with Crippen molar-refractivity contribution in [3.63, 3.8) is 0 Å². The van der Waals surface area contributed by atoms with Crippen LogP contribution in [0.2, 0.25) is 0 Å². The number of carbonyl (C=O) groups excluding carboxylic acids is 2. The second-order valence-electron chi connectivity index (χ2n) is 7.62. The number of carbonyl (C=O) groups is 3. The van der Waals surface area contributed by atoms with Crippen LogP contribution in [-0.2, 0) is 14.4 Å². The molecule has 2 N–H and O–H groups in total. The zero-order chi connectivity index (χ0) is 22.5. The molecule has 0 radical (unpaired) electrons. The number of ketones is 1. The van der Waals surface area contributed by atoms with Gasteiger partial charge in [0, 0.05) is 18.5 Å². The van der Waals surface area contributed by atoms with Crippen molar-refractivity contribution in [2.75, 3.05) is 6.54 Å². The minimum absolute atomic E-state index is 0.0273. The summed E-state index contributed by atoms with van der Waals surface area (Å²) in [5, 5.41) is 19.7. The van der Waals surface area contributed by atoms with Crippen LogP contribution in [0.25, 0.3) is 5.76 Å². The topological polar surface area (TPSA) is 94.9 Å². The third-order valence-electron chi connectivity index (χ3n) is 5.32. The quantitative estimate of drug-likeness (QED) is 0.286. The first-order valence-corrected chi connectivity index (χ1v) is 10.1. The summed E-state index contributed by atoms with van der Waals surface area (Å²) >= 11 is 0. The lowest BCUT2D eigenvalue weighted by Crippen LogP contribution is -2.30. The number of aliphatic carboxylic acids is 1. The van der Waals surface area contributed by atoms with Crippen molar-refractivity contribution in [3.05, 3.63) is 76.6 Å². The van der Waals surface area contributed by atoms with Crippen LogP contribution in [0.1, 0.15) is 48.4 Å². The summed E-state index contributed by atoms with van der Waals surface area (Å²) in [5.74, 6) is -3.29. The molecule has 7 heteroatoms. The molecule has 6 nitrogen and oxygen atoms in total. The summed E-state index contributed by atoms with van der Waals surface area (Å²) in [7, 11) is 0. The van der Waals surface area contributed by atoms with Gasteiger partial charge in [-0.05, 0) is 37.5 Å². The van der Waals surface area contributed by atoms with Crippen molar-refractivity contribution >= 4 is 23.4 Å². The van der Waals surface area contributed by atoms with Gasteiger partial charge in [-0.3, -0.25) is 14.4 Å². The molecule has 3 rings (SSSR count). The first kappa shape index (κ1) is 22.2. The first-order chi connectivity index (χ1) is 14.8. The van der Waals surface area contributed by atoms with E-state index in [1.165, 1.54) is 23.1 Å². The number of halogens is 1. The van der Waals surface area contributed by atoms with Gasteiger partial charge in [-0.15, -0.1) is 0 Å². The van der Waals surface area contributed by atoms with E-state index in [1.807, 2.05) is 6.92 Å². The van der Waals surface area contributed by atoms with Crippen molar-refractivity contribution < 1.29 is 29.0 Å². The van der Waals surface area contributed by atoms with Crippen LogP contribution in [0, 0.1) is 12.7 Å². The third-order valence-corrected chi connectivity index (χ3v) is 5.32. The SMILES string of the molecule is Cc1ccc(C(O)=C2C(=O)C(=O)N(CCCCCC(=O)O)[C@H]2c2cccc(F)c2)cc1. The van der Waals surface area contributed by atoms with E-state index < -0.39 is 29.5 Å². The number of aliphatic hydroxyl groups excluding tert-OH is 1. The molecular formula is C24H24FNO5. The van der Waals surface area contributed by atoms with Crippen molar-refractivity contribution in [1.29, 1.82) is 0 Å². The van der Waals surface area contributed by atoms with Crippen molar-refractivity contribution in [1.82, 2.24) is 4.90 Å². The molecule has 1 saturated heterocycles. The maximum Gasteiger partial charge on any atom is 0.303 e. The Balaban J connectivity index is 1.97. The molecule has 1 fully saturated rings. The molecule has 1 aliphatic heterocycles. The van der Waals surface area contributed by atoms with E-state index in [1.54, 1.807) is 30.3 Å². The van der Waals surface area contributed by atoms with E-state index in [0.717, 1.165) is 5.56 Å². The molecule has 0 bridgehead atoms. The maximum atomic E-state index is 13.9. The number of aliphatic hydroxyl groups is 1. The summed E-state index contributed by atoms with van der Waals surface area (Å²) in [4.78, 5) is 37.7. The molecule has 1 amide bonds. The van der Waals surface area contributed by atoms with Crippen LogP contribution in [-0.4, -0.2) is 39.3 Å². The van der Waals surface area contributed by atoms with E-state index in [4.69, 9.17) is 5.11 Å². The number of carboxylic acid groups (broad SMARTS) is 1. The largest absolute Gasteiger partial charge is 0.507 e. The van der Waals surface area contributed by atoms with Crippen LogP contribution in [0.15, 0.2) is 54.1 Å². The number of benzene rings is 2. The molecular weight excluding hydrogens is 401 g/mol. The Kier molecular flexibility index (Phi) is 6.84. The number of hydrogen-bond acceptors (Lipinski definition) is 4. The lowest BCUT2D eigenvalue weighted by molar-refractivity contribution is -0.140. The zero-order valence-corrected chi connectivity index (χ0v) is 17.2. The summed E-state index contributed by atoms with van der Waals surface area (Å²) < 4.78 is 13.9. The highest BCUT2D eigenvalue weighted by atomic mass is 19.1. The fraction of sp³-hybridized carbons (Fsp3) is 0.292.